The maximum Gasteiger partial charge on any atom is 0.234 e. The molecule has 1 saturated heterocycles. The highest BCUT2D eigenvalue weighted by Crippen LogP contribution is 2.16. The van der Waals surface area contributed by atoms with E-state index in [1.165, 1.54) is 0 Å². The van der Waals surface area contributed by atoms with Crippen LogP contribution < -0.4 is 16.4 Å². The number of hydrogen-bond donors (Lipinski definition) is 3. The Morgan fingerprint density at radius 3 is 3.00 bits per heavy atom. The molecule has 1 rings (SSSR count). The number of amides is 2. The van der Waals surface area contributed by atoms with Crippen molar-refractivity contribution in [1.82, 2.24) is 10.6 Å². The summed E-state index contributed by atoms with van der Waals surface area (Å²) in [5.74, 6) is -0.433. The van der Waals surface area contributed by atoms with Crippen molar-refractivity contribution in [2.75, 3.05) is 13.6 Å². The molecule has 1 aliphatic heterocycles. The van der Waals surface area contributed by atoms with Crippen LogP contribution >= 0.6 is 0 Å². The highest BCUT2D eigenvalue weighted by molar-refractivity contribution is 5.83. The van der Waals surface area contributed by atoms with Gasteiger partial charge in [0, 0.05) is 12.5 Å². The van der Waals surface area contributed by atoms with E-state index < -0.39 is 11.9 Å². The fraction of sp³-hybridized carbons (Fsp3) is 0.778. The van der Waals surface area contributed by atoms with E-state index in [1.807, 2.05) is 0 Å². The summed E-state index contributed by atoms with van der Waals surface area (Å²) in [6.45, 7) is 0.746. The van der Waals surface area contributed by atoms with Crippen LogP contribution in [0.25, 0.3) is 0 Å². The van der Waals surface area contributed by atoms with Crippen molar-refractivity contribution in [3.8, 4) is 0 Å². The molecule has 2 atom stereocenters. The van der Waals surface area contributed by atoms with Crippen LogP contribution in [0.1, 0.15) is 19.3 Å². The van der Waals surface area contributed by atoms with E-state index in [0.29, 0.717) is 6.42 Å². The van der Waals surface area contributed by atoms with Crippen molar-refractivity contribution in [1.29, 1.82) is 0 Å². The maximum absolute atomic E-state index is 11.4. The van der Waals surface area contributed by atoms with Gasteiger partial charge in [0.05, 0.1) is 6.04 Å². The molecule has 1 unspecified atom stereocenters. The van der Waals surface area contributed by atoms with Crippen LogP contribution in [0, 0.1) is 5.92 Å². The fourth-order valence-corrected chi connectivity index (χ4v) is 1.72. The van der Waals surface area contributed by atoms with Gasteiger partial charge in [0.1, 0.15) is 0 Å². The summed E-state index contributed by atoms with van der Waals surface area (Å²) in [4.78, 5) is 22.3. The molecule has 14 heavy (non-hydrogen) atoms. The normalized spacial score (nSPS) is 24.1. The minimum atomic E-state index is -0.399. The van der Waals surface area contributed by atoms with Crippen LogP contribution in [-0.2, 0) is 9.59 Å². The molecule has 0 saturated carbocycles. The second kappa shape index (κ2) is 4.95. The van der Waals surface area contributed by atoms with E-state index >= 15 is 0 Å². The Morgan fingerprint density at radius 1 is 1.79 bits per heavy atom. The summed E-state index contributed by atoms with van der Waals surface area (Å²) >= 11 is 0. The van der Waals surface area contributed by atoms with Crippen molar-refractivity contribution in [3.63, 3.8) is 0 Å². The lowest BCUT2D eigenvalue weighted by molar-refractivity contribution is -0.127. The van der Waals surface area contributed by atoms with Crippen LogP contribution in [0.2, 0.25) is 0 Å². The molecule has 2 amide bonds. The second-order valence-electron chi connectivity index (χ2n) is 3.61. The largest absolute Gasteiger partial charge is 0.368 e. The first kappa shape index (κ1) is 11.0. The quantitative estimate of drug-likeness (QED) is 0.541. The maximum atomic E-state index is 11.4. The van der Waals surface area contributed by atoms with Gasteiger partial charge in [-0.15, -0.1) is 0 Å². The van der Waals surface area contributed by atoms with Gasteiger partial charge in [-0.05, 0) is 26.3 Å². The monoisotopic (exact) mass is 199 g/mol. The zero-order valence-corrected chi connectivity index (χ0v) is 8.38. The van der Waals surface area contributed by atoms with Gasteiger partial charge in [-0.2, -0.15) is 0 Å². The lowest BCUT2D eigenvalue weighted by atomic mass is 9.91. The van der Waals surface area contributed by atoms with Crippen molar-refractivity contribution in [2.24, 2.45) is 11.7 Å². The molecule has 0 aromatic heterocycles. The number of carbonyl (C=O) groups excluding carboxylic acids is 2. The number of likely N-dealkylation sites (N-methyl/N-ethyl adjacent to an activating group) is 1. The molecule has 0 aromatic carbocycles. The first-order valence-corrected chi connectivity index (χ1v) is 4.89. The third-order valence-electron chi connectivity index (χ3n) is 2.61. The van der Waals surface area contributed by atoms with Gasteiger partial charge in [0.25, 0.3) is 0 Å². The van der Waals surface area contributed by atoms with E-state index in [1.54, 1.807) is 7.05 Å². The number of nitrogens with one attached hydrogen (secondary N) is 2. The van der Waals surface area contributed by atoms with Crippen LogP contribution in [-0.4, -0.2) is 31.4 Å². The van der Waals surface area contributed by atoms with Gasteiger partial charge in [0.2, 0.25) is 11.8 Å². The van der Waals surface area contributed by atoms with E-state index in [4.69, 9.17) is 5.73 Å². The molecular weight excluding hydrogens is 182 g/mol. The SMILES string of the molecule is CN[C@@H](CC1CCCNC1=O)C(N)=O. The van der Waals surface area contributed by atoms with Crippen LogP contribution in [0.3, 0.4) is 0 Å². The zero-order chi connectivity index (χ0) is 10.6. The van der Waals surface area contributed by atoms with E-state index in [0.717, 1.165) is 19.4 Å². The van der Waals surface area contributed by atoms with Gasteiger partial charge < -0.3 is 16.4 Å². The molecule has 5 heteroatoms. The molecule has 1 heterocycles. The van der Waals surface area contributed by atoms with Gasteiger partial charge in [0.15, 0.2) is 0 Å². The van der Waals surface area contributed by atoms with Crippen LogP contribution in [0.4, 0.5) is 0 Å². The molecule has 0 spiro atoms. The summed E-state index contributed by atoms with van der Waals surface area (Å²) in [5, 5.41) is 5.60. The predicted molar refractivity (Wildman–Crippen MR) is 52.4 cm³/mol. The molecule has 0 aliphatic carbocycles. The number of rotatable bonds is 4. The average Bonchev–Trinajstić information content (AvgIpc) is 2.16. The summed E-state index contributed by atoms with van der Waals surface area (Å²) in [6, 6.07) is -0.399. The first-order valence-electron chi connectivity index (χ1n) is 4.89. The van der Waals surface area contributed by atoms with Gasteiger partial charge in [-0.3, -0.25) is 9.59 Å². The molecule has 0 radical (unpaired) electrons. The van der Waals surface area contributed by atoms with Crippen LogP contribution in [0.5, 0.6) is 0 Å². The van der Waals surface area contributed by atoms with Crippen molar-refractivity contribution in [3.05, 3.63) is 0 Å². The summed E-state index contributed by atoms with van der Waals surface area (Å²) in [5.41, 5.74) is 5.18. The van der Waals surface area contributed by atoms with Gasteiger partial charge in [-0.25, -0.2) is 0 Å². The third-order valence-corrected chi connectivity index (χ3v) is 2.61. The third kappa shape index (κ3) is 2.70. The van der Waals surface area contributed by atoms with Crippen molar-refractivity contribution < 1.29 is 9.59 Å². The Labute approximate surface area is 83.4 Å². The Bertz CT molecular complexity index is 230. The highest BCUT2D eigenvalue weighted by atomic mass is 16.2. The van der Waals surface area contributed by atoms with E-state index in [2.05, 4.69) is 10.6 Å². The minimum absolute atomic E-state index is 0.0396. The average molecular weight is 199 g/mol. The number of primary amides is 1. The Morgan fingerprint density at radius 2 is 2.50 bits per heavy atom. The number of carbonyl (C=O) groups is 2. The zero-order valence-electron chi connectivity index (χ0n) is 8.38. The van der Waals surface area contributed by atoms with Crippen molar-refractivity contribution >= 4 is 11.8 Å². The highest BCUT2D eigenvalue weighted by Gasteiger charge is 2.26. The molecular formula is C9H17N3O2. The second-order valence-corrected chi connectivity index (χ2v) is 3.61. The number of hydrogen-bond acceptors (Lipinski definition) is 3. The molecule has 1 fully saturated rings. The topological polar surface area (TPSA) is 84.2 Å². The van der Waals surface area contributed by atoms with Gasteiger partial charge >= 0.3 is 0 Å². The Hall–Kier alpha value is -1.10. The number of piperidine rings is 1. The molecule has 4 N–H and O–H groups in total. The molecule has 1 aliphatic rings. The van der Waals surface area contributed by atoms with Gasteiger partial charge in [-0.1, -0.05) is 0 Å². The lowest BCUT2D eigenvalue weighted by Gasteiger charge is -2.24. The summed E-state index contributed by atoms with van der Waals surface area (Å²) < 4.78 is 0. The molecule has 80 valence electrons. The lowest BCUT2D eigenvalue weighted by Crippen LogP contribution is -2.45. The molecule has 0 bridgehead atoms. The first-order chi connectivity index (χ1) is 6.65. The smallest absolute Gasteiger partial charge is 0.234 e. The predicted octanol–water partition coefficient (Wildman–Crippen LogP) is -1.02. The van der Waals surface area contributed by atoms with E-state index in [-0.39, 0.29) is 11.8 Å². The fourth-order valence-electron chi connectivity index (χ4n) is 1.72. The summed E-state index contributed by atoms with van der Waals surface area (Å²) in [7, 11) is 1.68. The summed E-state index contributed by atoms with van der Waals surface area (Å²) in [6.07, 6.45) is 2.32. The molecule has 0 aromatic rings. The van der Waals surface area contributed by atoms with E-state index in [9.17, 15) is 9.59 Å². The van der Waals surface area contributed by atoms with Crippen LogP contribution in [0.15, 0.2) is 0 Å². The standard InChI is InChI=1S/C9H17N3O2/c1-11-7(8(10)13)5-6-3-2-4-12-9(6)14/h6-7,11H,2-5H2,1H3,(H2,10,13)(H,12,14)/t6?,7-/m0/s1. The number of nitrogens with two attached hydrogens (primary N) is 1. The molecule has 5 nitrogen and oxygen atoms in total. The van der Waals surface area contributed by atoms with Crippen molar-refractivity contribution in [2.45, 2.75) is 25.3 Å². The Kier molecular flexibility index (Phi) is 3.88. The Balaban J connectivity index is 2.48. The minimum Gasteiger partial charge on any atom is -0.368 e.